The summed E-state index contributed by atoms with van der Waals surface area (Å²) in [4.78, 5) is 11.2. The maximum Gasteiger partial charge on any atom is 0.147 e. The van der Waals surface area contributed by atoms with Crippen molar-refractivity contribution in [2.75, 3.05) is 18.0 Å². The molecule has 1 saturated heterocycles. The number of aromatic nitrogens is 2. The van der Waals surface area contributed by atoms with Crippen LogP contribution in [0, 0.1) is 6.92 Å². The molecule has 0 N–H and O–H groups in total. The molecule has 1 unspecified atom stereocenters. The topological polar surface area (TPSA) is 29.0 Å². The van der Waals surface area contributed by atoms with Crippen molar-refractivity contribution >= 4 is 16.6 Å². The lowest BCUT2D eigenvalue weighted by molar-refractivity contribution is 0.781. The van der Waals surface area contributed by atoms with Gasteiger partial charge in [-0.25, -0.2) is 4.98 Å². The van der Waals surface area contributed by atoms with Crippen LogP contribution in [0.2, 0.25) is 0 Å². The number of anilines is 1. The van der Waals surface area contributed by atoms with Gasteiger partial charge in [0.25, 0.3) is 0 Å². The van der Waals surface area contributed by atoms with Crippen LogP contribution in [0.4, 0.5) is 5.82 Å². The minimum atomic E-state index is 0.563. The summed E-state index contributed by atoms with van der Waals surface area (Å²) in [5.74, 6) is 1.57. The molecule has 0 spiro atoms. The minimum absolute atomic E-state index is 0.563. The normalized spacial score (nSPS) is 18.0. The first-order valence-electron chi connectivity index (χ1n) is 7.82. The summed E-state index contributed by atoms with van der Waals surface area (Å²) < 4.78 is 0. The van der Waals surface area contributed by atoms with E-state index in [0.29, 0.717) is 5.92 Å². The van der Waals surface area contributed by atoms with Crippen LogP contribution in [0.3, 0.4) is 0 Å². The molecule has 1 aliphatic heterocycles. The van der Waals surface area contributed by atoms with E-state index in [1.165, 1.54) is 22.8 Å². The van der Waals surface area contributed by atoms with Crippen LogP contribution < -0.4 is 4.90 Å². The molecule has 2 heterocycles. The molecule has 4 rings (SSSR count). The van der Waals surface area contributed by atoms with Crippen LogP contribution in [-0.2, 0) is 0 Å². The summed E-state index contributed by atoms with van der Waals surface area (Å²) in [6.45, 7) is 4.06. The van der Waals surface area contributed by atoms with E-state index in [0.717, 1.165) is 24.6 Å². The second-order valence-corrected chi connectivity index (χ2v) is 6.02. The molecule has 0 amide bonds. The lowest BCUT2D eigenvalue weighted by atomic mass is 9.93. The molecule has 2 aromatic carbocycles. The van der Waals surface area contributed by atoms with Gasteiger partial charge in [-0.05, 0) is 29.7 Å². The third kappa shape index (κ3) is 2.33. The van der Waals surface area contributed by atoms with Crippen molar-refractivity contribution in [3.8, 4) is 0 Å². The molecular formula is C19H19N3. The maximum absolute atomic E-state index is 4.61. The van der Waals surface area contributed by atoms with Crippen LogP contribution in [0.25, 0.3) is 10.8 Å². The number of hydrogen-bond donors (Lipinski definition) is 0. The van der Waals surface area contributed by atoms with E-state index in [1.54, 1.807) is 0 Å². The standard InChI is InChI=1S/C19H19N3/c1-14-11-20-12-19(21-14)22-10-9-16(13-22)18-8-4-6-15-5-2-3-7-17(15)18/h2-8,11-12,16H,9-10,13H2,1H3. The first-order valence-corrected chi connectivity index (χ1v) is 7.82. The Morgan fingerprint density at radius 3 is 2.82 bits per heavy atom. The second kappa shape index (κ2) is 5.41. The number of benzene rings is 2. The lowest BCUT2D eigenvalue weighted by Crippen LogP contribution is -2.20. The predicted octanol–water partition coefficient (Wildman–Crippen LogP) is 3.93. The monoisotopic (exact) mass is 289 g/mol. The highest BCUT2D eigenvalue weighted by molar-refractivity contribution is 5.86. The maximum atomic E-state index is 4.61. The highest BCUT2D eigenvalue weighted by Crippen LogP contribution is 2.33. The lowest BCUT2D eigenvalue weighted by Gasteiger charge is -2.18. The van der Waals surface area contributed by atoms with Crippen molar-refractivity contribution in [3.05, 3.63) is 66.1 Å². The van der Waals surface area contributed by atoms with E-state index in [-0.39, 0.29) is 0 Å². The van der Waals surface area contributed by atoms with Crippen molar-refractivity contribution < 1.29 is 0 Å². The molecule has 0 radical (unpaired) electrons. The summed E-state index contributed by atoms with van der Waals surface area (Å²) >= 11 is 0. The summed E-state index contributed by atoms with van der Waals surface area (Å²) in [5, 5.41) is 2.71. The molecule has 1 aromatic heterocycles. The van der Waals surface area contributed by atoms with Gasteiger partial charge in [-0.2, -0.15) is 0 Å². The van der Waals surface area contributed by atoms with Crippen LogP contribution in [0.1, 0.15) is 23.6 Å². The van der Waals surface area contributed by atoms with Crippen LogP contribution in [0.15, 0.2) is 54.9 Å². The van der Waals surface area contributed by atoms with Gasteiger partial charge in [-0.15, -0.1) is 0 Å². The van der Waals surface area contributed by atoms with Gasteiger partial charge in [0.05, 0.1) is 11.9 Å². The Bertz CT molecular complexity index is 807. The fourth-order valence-corrected chi connectivity index (χ4v) is 3.43. The summed E-state index contributed by atoms with van der Waals surface area (Å²) in [5.41, 5.74) is 2.44. The number of rotatable bonds is 2. The number of hydrogen-bond acceptors (Lipinski definition) is 3. The molecule has 1 fully saturated rings. The molecule has 22 heavy (non-hydrogen) atoms. The molecule has 0 saturated carbocycles. The van der Waals surface area contributed by atoms with Gasteiger partial charge in [0.1, 0.15) is 5.82 Å². The average Bonchev–Trinajstić information content (AvgIpc) is 3.04. The van der Waals surface area contributed by atoms with Crippen molar-refractivity contribution in [1.29, 1.82) is 0 Å². The summed E-state index contributed by atoms with van der Waals surface area (Å²) in [6, 6.07) is 15.3. The van der Waals surface area contributed by atoms with E-state index in [9.17, 15) is 0 Å². The Labute approximate surface area is 130 Å². The predicted molar refractivity (Wildman–Crippen MR) is 90.3 cm³/mol. The molecule has 3 aromatic rings. The van der Waals surface area contributed by atoms with Crippen LogP contribution in [0.5, 0.6) is 0 Å². The zero-order valence-electron chi connectivity index (χ0n) is 12.7. The highest BCUT2D eigenvalue weighted by atomic mass is 15.2. The quantitative estimate of drug-likeness (QED) is 0.715. The van der Waals surface area contributed by atoms with Gasteiger partial charge < -0.3 is 4.90 Å². The third-order valence-electron chi connectivity index (χ3n) is 4.52. The Morgan fingerprint density at radius 1 is 1.05 bits per heavy atom. The third-order valence-corrected chi connectivity index (χ3v) is 4.52. The number of fused-ring (bicyclic) bond motifs is 1. The van der Waals surface area contributed by atoms with Gasteiger partial charge in [-0.1, -0.05) is 42.5 Å². The number of nitrogens with zero attached hydrogens (tertiary/aromatic N) is 3. The second-order valence-electron chi connectivity index (χ2n) is 6.02. The molecular weight excluding hydrogens is 270 g/mol. The Kier molecular flexibility index (Phi) is 3.26. The van der Waals surface area contributed by atoms with Crippen LogP contribution in [-0.4, -0.2) is 23.1 Å². The SMILES string of the molecule is Cc1cncc(N2CCC(c3cccc4ccccc34)C2)n1. The molecule has 110 valence electrons. The van der Waals surface area contributed by atoms with Crippen LogP contribution >= 0.6 is 0 Å². The fraction of sp³-hybridized carbons (Fsp3) is 0.263. The zero-order valence-corrected chi connectivity index (χ0v) is 12.7. The zero-order chi connectivity index (χ0) is 14.9. The van der Waals surface area contributed by atoms with E-state index in [4.69, 9.17) is 0 Å². The largest absolute Gasteiger partial charge is 0.355 e. The van der Waals surface area contributed by atoms with Gasteiger partial charge in [0.15, 0.2) is 0 Å². The molecule has 3 heteroatoms. The van der Waals surface area contributed by atoms with E-state index in [2.05, 4.69) is 57.3 Å². The number of aryl methyl sites for hydroxylation is 1. The average molecular weight is 289 g/mol. The first kappa shape index (κ1) is 13.3. The smallest absolute Gasteiger partial charge is 0.147 e. The highest BCUT2D eigenvalue weighted by Gasteiger charge is 2.26. The van der Waals surface area contributed by atoms with Crippen molar-refractivity contribution in [2.45, 2.75) is 19.3 Å². The van der Waals surface area contributed by atoms with Gasteiger partial charge in [0.2, 0.25) is 0 Å². The van der Waals surface area contributed by atoms with Crippen molar-refractivity contribution in [1.82, 2.24) is 9.97 Å². The van der Waals surface area contributed by atoms with Crippen molar-refractivity contribution in [3.63, 3.8) is 0 Å². The Morgan fingerprint density at radius 2 is 1.91 bits per heavy atom. The molecule has 1 aliphatic rings. The van der Waals surface area contributed by atoms with Gasteiger partial charge in [-0.3, -0.25) is 4.98 Å². The van der Waals surface area contributed by atoms with E-state index < -0.39 is 0 Å². The van der Waals surface area contributed by atoms with Gasteiger partial charge >= 0.3 is 0 Å². The summed E-state index contributed by atoms with van der Waals surface area (Å²) in [6.07, 6.45) is 4.85. The summed E-state index contributed by atoms with van der Waals surface area (Å²) in [7, 11) is 0. The molecule has 1 atom stereocenters. The first-order chi connectivity index (χ1) is 10.8. The van der Waals surface area contributed by atoms with Gasteiger partial charge in [0, 0.05) is 25.2 Å². The fourth-order valence-electron chi connectivity index (χ4n) is 3.43. The molecule has 0 bridgehead atoms. The Hall–Kier alpha value is -2.42. The molecule has 3 nitrogen and oxygen atoms in total. The Balaban J connectivity index is 1.65. The molecule has 0 aliphatic carbocycles. The van der Waals surface area contributed by atoms with E-state index in [1.807, 2.05) is 19.3 Å². The minimum Gasteiger partial charge on any atom is -0.355 e. The van der Waals surface area contributed by atoms with E-state index >= 15 is 0 Å². The van der Waals surface area contributed by atoms with Crippen molar-refractivity contribution in [2.24, 2.45) is 0 Å².